The van der Waals surface area contributed by atoms with Crippen LogP contribution >= 0.6 is 0 Å². The third-order valence-corrected chi connectivity index (χ3v) is 3.30. The topological polar surface area (TPSA) is 38.1 Å². The van der Waals surface area contributed by atoms with Gasteiger partial charge in [0, 0.05) is 11.6 Å². The smallest absolute Gasteiger partial charge is 0.150 e. The number of hydrogen-bond acceptors (Lipinski definition) is 3. The van der Waals surface area contributed by atoms with Crippen LogP contribution in [0.15, 0.2) is 10.6 Å². The Morgan fingerprint density at radius 3 is 2.79 bits per heavy atom. The first-order valence-corrected chi connectivity index (χ1v) is 5.41. The van der Waals surface area contributed by atoms with Crippen molar-refractivity contribution < 1.29 is 4.52 Å². The van der Waals surface area contributed by atoms with Crippen molar-refractivity contribution >= 4 is 0 Å². The highest BCUT2D eigenvalue weighted by Gasteiger charge is 2.34. The van der Waals surface area contributed by atoms with E-state index in [4.69, 9.17) is 4.52 Å². The molecule has 1 aliphatic rings. The Hall–Kier alpha value is -0.830. The van der Waals surface area contributed by atoms with E-state index >= 15 is 0 Å². The van der Waals surface area contributed by atoms with Crippen LogP contribution in [-0.2, 0) is 6.54 Å². The molecule has 0 aromatic carbocycles. The second kappa shape index (κ2) is 3.73. The number of nitrogens with zero attached hydrogens (tertiary/aromatic N) is 1. The molecule has 2 rings (SSSR count). The molecule has 1 saturated carbocycles. The Kier molecular flexibility index (Phi) is 2.59. The molecule has 3 nitrogen and oxygen atoms in total. The van der Waals surface area contributed by atoms with Gasteiger partial charge in [-0.25, -0.2) is 0 Å². The molecular formula is C11H18N2O. The van der Waals surface area contributed by atoms with Crippen molar-refractivity contribution in [3.05, 3.63) is 17.5 Å². The van der Waals surface area contributed by atoms with Crippen LogP contribution in [0.1, 0.15) is 44.1 Å². The number of aromatic nitrogens is 1. The minimum atomic E-state index is 0.390. The van der Waals surface area contributed by atoms with Crippen molar-refractivity contribution in [3.63, 3.8) is 0 Å². The lowest BCUT2D eigenvalue weighted by Crippen LogP contribution is -2.49. The van der Waals surface area contributed by atoms with Gasteiger partial charge < -0.3 is 9.84 Å². The quantitative estimate of drug-likeness (QED) is 0.799. The van der Waals surface area contributed by atoms with E-state index < -0.39 is 0 Å². The van der Waals surface area contributed by atoms with Crippen molar-refractivity contribution in [2.45, 2.75) is 51.6 Å². The molecule has 0 unspecified atom stereocenters. The van der Waals surface area contributed by atoms with Crippen LogP contribution in [0.4, 0.5) is 0 Å². The Bertz CT molecular complexity index is 296. The molecule has 1 aliphatic carbocycles. The summed E-state index contributed by atoms with van der Waals surface area (Å²) < 4.78 is 5.16. The summed E-state index contributed by atoms with van der Waals surface area (Å²) in [6.07, 6.45) is 5.17. The molecule has 1 N–H and O–H groups in total. The highest BCUT2D eigenvalue weighted by molar-refractivity contribution is 5.04. The molecule has 0 spiro atoms. The van der Waals surface area contributed by atoms with Crippen molar-refractivity contribution in [1.29, 1.82) is 0 Å². The summed E-state index contributed by atoms with van der Waals surface area (Å²) in [7, 11) is 0. The summed E-state index contributed by atoms with van der Waals surface area (Å²) in [6.45, 7) is 5.01. The Labute approximate surface area is 84.9 Å². The van der Waals surface area contributed by atoms with Crippen LogP contribution in [0, 0.1) is 6.92 Å². The molecule has 1 heterocycles. The number of aryl methyl sites for hydroxylation is 1. The van der Waals surface area contributed by atoms with Gasteiger partial charge in [-0.05, 0) is 32.6 Å². The van der Waals surface area contributed by atoms with Gasteiger partial charge in [0.25, 0.3) is 0 Å². The van der Waals surface area contributed by atoms with Gasteiger partial charge in [0.2, 0.25) is 0 Å². The summed E-state index contributed by atoms with van der Waals surface area (Å²) >= 11 is 0. The monoisotopic (exact) mass is 194 g/mol. The fourth-order valence-electron chi connectivity index (χ4n) is 2.03. The average Bonchev–Trinajstić information content (AvgIpc) is 2.50. The first-order valence-electron chi connectivity index (χ1n) is 5.41. The lowest BCUT2D eigenvalue weighted by atomic mass is 9.75. The van der Waals surface area contributed by atoms with Gasteiger partial charge in [0.1, 0.15) is 0 Å². The van der Waals surface area contributed by atoms with Gasteiger partial charge in [-0.2, -0.15) is 0 Å². The fourth-order valence-corrected chi connectivity index (χ4v) is 2.03. The van der Waals surface area contributed by atoms with E-state index in [1.807, 2.05) is 13.0 Å². The van der Waals surface area contributed by atoms with E-state index in [9.17, 15) is 0 Å². The van der Waals surface area contributed by atoms with Crippen molar-refractivity contribution in [3.8, 4) is 0 Å². The largest absolute Gasteiger partial charge is 0.360 e. The first-order chi connectivity index (χ1) is 6.74. The van der Waals surface area contributed by atoms with E-state index in [-0.39, 0.29) is 0 Å². The van der Waals surface area contributed by atoms with Crippen molar-refractivity contribution in [2.75, 3.05) is 0 Å². The van der Waals surface area contributed by atoms with Crippen LogP contribution in [0.3, 0.4) is 0 Å². The van der Waals surface area contributed by atoms with E-state index in [1.54, 1.807) is 0 Å². The van der Waals surface area contributed by atoms with Crippen molar-refractivity contribution in [1.82, 2.24) is 10.5 Å². The third kappa shape index (κ3) is 1.82. The first kappa shape index (κ1) is 9.71. The molecule has 0 radical (unpaired) electrons. The molecular weight excluding hydrogens is 176 g/mol. The Balaban J connectivity index is 1.87. The minimum Gasteiger partial charge on any atom is -0.360 e. The maximum absolute atomic E-state index is 5.16. The highest BCUT2D eigenvalue weighted by atomic mass is 16.5. The zero-order valence-corrected chi connectivity index (χ0v) is 8.97. The van der Waals surface area contributed by atoms with Gasteiger partial charge in [0.15, 0.2) is 5.76 Å². The van der Waals surface area contributed by atoms with Crippen LogP contribution in [0.2, 0.25) is 0 Å². The third-order valence-electron chi connectivity index (χ3n) is 3.30. The lowest BCUT2D eigenvalue weighted by molar-refractivity contribution is 0.169. The second-order valence-electron chi connectivity index (χ2n) is 4.28. The predicted molar refractivity (Wildman–Crippen MR) is 55.0 cm³/mol. The van der Waals surface area contributed by atoms with E-state index in [1.165, 1.54) is 25.7 Å². The molecule has 14 heavy (non-hydrogen) atoms. The molecule has 0 atom stereocenters. The molecule has 0 aliphatic heterocycles. The van der Waals surface area contributed by atoms with Crippen LogP contribution < -0.4 is 5.32 Å². The number of rotatable bonds is 4. The summed E-state index contributed by atoms with van der Waals surface area (Å²) in [5.74, 6) is 0.947. The zero-order chi connectivity index (χ0) is 10.0. The molecule has 1 aromatic heterocycles. The lowest BCUT2D eigenvalue weighted by Gasteiger charge is -2.42. The summed E-state index contributed by atoms with van der Waals surface area (Å²) in [5.41, 5.74) is 1.35. The SMILES string of the molecule is CCC1(NCc2cc(C)no2)CCC1. The summed E-state index contributed by atoms with van der Waals surface area (Å²) in [4.78, 5) is 0. The van der Waals surface area contributed by atoms with Crippen LogP contribution in [0.5, 0.6) is 0 Å². The van der Waals surface area contributed by atoms with Crippen LogP contribution in [-0.4, -0.2) is 10.7 Å². The maximum Gasteiger partial charge on any atom is 0.150 e. The standard InChI is InChI=1S/C11H18N2O/c1-3-11(5-4-6-11)12-8-10-7-9(2)13-14-10/h7,12H,3-6,8H2,1-2H3. The van der Waals surface area contributed by atoms with E-state index in [0.29, 0.717) is 5.54 Å². The molecule has 3 heteroatoms. The second-order valence-corrected chi connectivity index (χ2v) is 4.28. The number of nitrogens with one attached hydrogen (secondary N) is 1. The van der Waals surface area contributed by atoms with Gasteiger partial charge in [-0.1, -0.05) is 12.1 Å². The van der Waals surface area contributed by atoms with Gasteiger partial charge in [0.05, 0.1) is 12.2 Å². The Morgan fingerprint density at radius 1 is 1.57 bits per heavy atom. The fraction of sp³-hybridized carbons (Fsp3) is 0.727. The normalized spacial score (nSPS) is 19.3. The average molecular weight is 194 g/mol. The van der Waals surface area contributed by atoms with Crippen LogP contribution in [0.25, 0.3) is 0 Å². The van der Waals surface area contributed by atoms with Gasteiger partial charge >= 0.3 is 0 Å². The molecule has 0 saturated heterocycles. The summed E-state index contributed by atoms with van der Waals surface area (Å²) in [5, 5.41) is 7.45. The Morgan fingerprint density at radius 2 is 2.36 bits per heavy atom. The van der Waals surface area contributed by atoms with Crippen molar-refractivity contribution in [2.24, 2.45) is 0 Å². The molecule has 78 valence electrons. The van der Waals surface area contributed by atoms with E-state index in [2.05, 4.69) is 17.4 Å². The molecule has 0 amide bonds. The van der Waals surface area contributed by atoms with Gasteiger partial charge in [-0.15, -0.1) is 0 Å². The molecule has 1 aromatic rings. The predicted octanol–water partition coefficient (Wildman–Crippen LogP) is 2.41. The molecule has 1 fully saturated rings. The number of hydrogen-bond donors (Lipinski definition) is 1. The summed E-state index contributed by atoms with van der Waals surface area (Å²) in [6, 6.07) is 2.00. The minimum absolute atomic E-state index is 0.390. The van der Waals surface area contributed by atoms with Gasteiger partial charge in [-0.3, -0.25) is 0 Å². The maximum atomic E-state index is 5.16. The zero-order valence-electron chi connectivity index (χ0n) is 8.97. The van der Waals surface area contributed by atoms with E-state index in [0.717, 1.165) is 18.0 Å². The highest BCUT2D eigenvalue weighted by Crippen LogP contribution is 2.34. The molecule has 0 bridgehead atoms.